The highest BCUT2D eigenvalue weighted by molar-refractivity contribution is 6.33. The van der Waals surface area contributed by atoms with E-state index in [2.05, 4.69) is 10.6 Å². The van der Waals surface area contributed by atoms with Crippen LogP contribution in [0.1, 0.15) is 38.1 Å². The first-order chi connectivity index (χ1) is 10.5. The minimum Gasteiger partial charge on any atom is -0.449 e. The van der Waals surface area contributed by atoms with Crippen LogP contribution in [-0.2, 0) is 9.53 Å². The highest BCUT2D eigenvalue weighted by Gasteiger charge is 2.22. The van der Waals surface area contributed by atoms with Crippen LogP contribution < -0.4 is 16.4 Å². The van der Waals surface area contributed by atoms with E-state index in [1.165, 1.54) is 25.1 Å². The second-order valence-electron chi connectivity index (χ2n) is 5.98. The number of nitrogens with one attached hydrogen (secondary N) is 2. The van der Waals surface area contributed by atoms with Crippen LogP contribution in [0.3, 0.4) is 0 Å². The molecule has 0 radical (unpaired) electrons. The van der Waals surface area contributed by atoms with E-state index in [1.54, 1.807) is 20.8 Å². The van der Waals surface area contributed by atoms with Gasteiger partial charge >= 0.3 is 12.0 Å². The van der Waals surface area contributed by atoms with Gasteiger partial charge in [-0.2, -0.15) is 0 Å². The molecule has 0 aliphatic carbocycles. The first-order valence-corrected chi connectivity index (χ1v) is 7.26. The number of carbonyl (C=O) groups excluding carboxylic acids is 3. The molecule has 1 aromatic rings. The summed E-state index contributed by atoms with van der Waals surface area (Å²) in [5.41, 5.74) is 5.49. The summed E-state index contributed by atoms with van der Waals surface area (Å²) in [7, 11) is 0. The third-order valence-corrected chi connectivity index (χ3v) is 2.95. The average molecular weight is 342 g/mol. The van der Waals surface area contributed by atoms with E-state index in [9.17, 15) is 14.4 Å². The molecule has 0 aliphatic rings. The fraction of sp³-hybridized carbons (Fsp3) is 0.400. The lowest BCUT2D eigenvalue weighted by atomic mass is 10.1. The van der Waals surface area contributed by atoms with E-state index in [1.807, 2.05) is 0 Å². The summed E-state index contributed by atoms with van der Waals surface area (Å²) in [6, 6.07) is 3.57. The number of amides is 3. The van der Waals surface area contributed by atoms with Gasteiger partial charge < -0.3 is 15.8 Å². The highest BCUT2D eigenvalue weighted by atomic mass is 35.5. The summed E-state index contributed by atoms with van der Waals surface area (Å²) in [5.74, 6) is -1.48. The summed E-state index contributed by atoms with van der Waals surface area (Å²) < 4.78 is 4.99. The smallest absolute Gasteiger partial charge is 0.338 e. The SMILES string of the molecule is CC(OC(=O)c1ccc(Cl)c(N)c1)C(=O)NC(=O)NC(C)(C)C. The number of ether oxygens (including phenoxy) is 1. The molecule has 4 N–H and O–H groups in total. The molecule has 0 spiro atoms. The van der Waals surface area contributed by atoms with Gasteiger partial charge in [-0.1, -0.05) is 11.6 Å². The number of carbonyl (C=O) groups is 3. The van der Waals surface area contributed by atoms with Crippen LogP contribution in [0.2, 0.25) is 5.02 Å². The molecule has 0 saturated heterocycles. The summed E-state index contributed by atoms with van der Waals surface area (Å²) in [6.07, 6.45) is -1.15. The van der Waals surface area contributed by atoms with Crippen molar-refractivity contribution < 1.29 is 19.1 Å². The molecule has 126 valence electrons. The van der Waals surface area contributed by atoms with Gasteiger partial charge in [-0.25, -0.2) is 9.59 Å². The van der Waals surface area contributed by atoms with Crippen molar-refractivity contribution in [2.24, 2.45) is 0 Å². The lowest BCUT2D eigenvalue weighted by Crippen LogP contribution is -2.50. The molecule has 7 nitrogen and oxygen atoms in total. The highest BCUT2D eigenvalue weighted by Crippen LogP contribution is 2.20. The van der Waals surface area contributed by atoms with Gasteiger partial charge in [0.2, 0.25) is 0 Å². The summed E-state index contributed by atoms with van der Waals surface area (Å²) in [5, 5.41) is 4.97. The molecule has 3 amide bonds. The number of imide groups is 1. The Balaban J connectivity index is 2.62. The Hall–Kier alpha value is -2.28. The number of anilines is 1. The third-order valence-electron chi connectivity index (χ3n) is 2.61. The first kappa shape index (κ1) is 18.8. The molecule has 23 heavy (non-hydrogen) atoms. The number of esters is 1. The molecule has 0 aliphatic heterocycles. The topological polar surface area (TPSA) is 111 Å². The van der Waals surface area contributed by atoms with Crippen LogP contribution in [0.5, 0.6) is 0 Å². The molecular weight excluding hydrogens is 322 g/mol. The van der Waals surface area contributed by atoms with E-state index < -0.39 is 29.6 Å². The number of hydrogen-bond acceptors (Lipinski definition) is 5. The normalized spacial score (nSPS) is 12.2. The van der Waals surface area contributed by atoms with Crippen LogP contribution in [0.15, 0.2) is 18.2 Å². The van der Waals surface area contributed by atoms with Crippen LogP contribution in [-0.4, -0.2) is 29.6 Å². The van der Waals surface area contributed by atoms with Crippen molar-refractivity contribution in [3.8, 4) is 0 Å². The Labute approximate surface area is 139 Å². The van der Waals surface area contributed by atoms with E-state index in [-0.39, 0.29) is 11.3 Å². The zero-order valence-electron chi connectivity index (χ0n) is 13.4. The van der Waals surface area contributed by atoms with E-state index in [0.29, 0.717) is 5.02 Å². The molecule has 0 fully saturated rings. The van der Waals surface area contributed by atoms with Gasteiger partial charge in [-0.15, -0.1) is 0 Å². The molecule has 1 aromatic carbocycles. The van der Waals surface area contributed by atoms with E-state index >= 15 is 0 Å². The molecule has 8 heteroatoms. The number of halogens is 1. The van der Waals surface area contributed by atoms with Crippen molar-refractivity contribution in [1.29, 1.82) is 0 Å². The van der Waals surface area contributed by atoms with Crippen LogP contribution in [0.4, 0.5) is 10.5 Å². The lowest BCUT2D eigenvalue weighted by Gasteiger charge is -2.21. The fourth-order valence-corrected chi connectivity index (χ4v) is 1.66. The van der Waals surface area contributed by atoms with Crippen molar-refractivity contribution in [2.75, 3.05) is 5.73 Å². The minimum absolute atomic E-state index is 0.158. The van der Waals surface area contributed by atoms with Crippen molar-refractivity contribution >= 4 is 35.2 Å². The van der Waals surface area contributed by atoms with E-state index in [0.717, 1.165) is 0 Å². The van der Waals surface area contributed by atoms with Gasteiger partial charge in [-0.05, 0) is 45.9 Å². The maximum Gasteiger partial charge on any atom is 0.338 e. The second kappa shape index (κ2) is 7.32. The van der Waals surface area contributed by atoms with E-state index in [4.69, 9.17) is 22.1 Å². The van der Waals surface area contributed by atoms with Crippen molar-refractivity contribution in [2.45, 2.75) is 39.3 Å². The molecule has 0 heterocycles. The van der Waals surface area contributed by atoms with Gasteiger partial charge in [0.05, 0.1) is 16.3 Å². The quantitative estimate of drug-likeness (QED) is 0.576. The van der Waals surface area contributed by atoms with Crippen molar-refractivity contribution in [3.05, 3.63) is 28.8 Å². The molecule has 0 aromatic heterocycles. The Morgan fingerprint density at radius 2 is 1.87 bits per heavy atom. The lowest BCUT2D eigenvalue weighted by molar-refractivity contribution is -0.127. The zero-order valence-corrected chi connectivity index (χ0v) is 14.2. The third kappa shape index (κ3) is 6.15. The Bertz CT molecular complexity index is 626. The molecule has 0 saturated carbocycles. The fourth-order valence-electron chi connectivity index (χ4n) is 1.54. The van der Waals surface area contributed by atoms with Gasteiger partial charge in [0, 0.05) is 5.54 Å². The minimum atomic E-state index is -1.15. The maximum atomic E-state index is 11.9. The van der Waals surface area contributed by atoms with Crippen LogP contribution in [0.25, 0.3) is 0 Å². The van der Waals surface area contributed by atoms with Crippen molar-refractivity contribution in [3.63, 3.8) is 0 Å². The largest absolute Gasteiger partial charge is 0.449 e. The number of urea groups is 1. The number of nitrogens with two attached hydrogens (primary N) is 1. The predicted octanol–water partition coefficient (Wildman–Crippen LogP) is 2.09. The average Bonchev–Trinajstić information content (AvgIpc) is 2.39. The maximum absolute atomic E-state index is 11.9. The Morgan fingerprint density at radius 1 is 1.26 bits per heavy atom. The Kier molecular flexibility index (Phi) is 5.98. The molecule has 0 bridgehead atoms. The standard InChI is InChI=1S/C15H20ClN3O4/c1-8(12(20)18-14(22)19-15(2,3)4)23-13(21)9-5-6-10(16)11(17)7-9/h5-8H,17H2,1-4H3,(H2,18,19,20,22). The summed E-state index contributed by atoms with van der Waals surface area (Å²) in [4.78, 5) is 35.4. The number of nitrogen functional groups attached to an aromatic ring is 1. The molecule has 1 atom stereocenters. The number of rotatable bonds is 3. The van der Waals surface area contributed by atoms with Gasteiger partial charge in [0.1, 0.15) is 0 Å². The number of hydrogen-bond donors (Lipinski definition) is 3. The van der Waals surface area contributed by atoms with Gasteiger partial charge in [0.15, 0.2) is 6.10 Å². The molecular formula is C15H20ClN3O4. The molecule has 1 unspecified atom stereocenters. The van der Waals surface area contributed by atoms with Crippen molar-refractivity contribution in [1.82, 2.24) is 10.6 Å². The van der Waals surface area contributed by atoms with Crippen LogP contribution in [0, 0.1) is 0 Å². The second-order valence-corrected chi connectivity index (χ2v) is 6.38. The Morgan fingerprint density at radius 3 is 2.39 bits per heavy atom. The van der Waals surface area contributed by atoms with Crippen LogP contribution >= 0.6 is 11.6 Å². The number of benzene rings is 1. The molecule has 1 rings (SSSR count). The summed E-state index contributed by atoms with van der Waals surface area (Å²) >= 11 is 5.77. The van der Waals surface area contributed by atoms with Gasteiger partial charge in [-0.3, -0.25) is 10.1 Å². The van der Waals surface area contributed by atoms with Gasteiger partial charge in [0.25, 0.3) is 5.91 Å². The first-order valence-electron chi connectivity index (χ1n) is 6.88. The summed E-state index contributed by atoms with van der Waals surface area (Å²) in [6.45, 7) is 6.67. The monoisotopic (exact) mass is 341 g/mol. The predicted molar refractivity (Wildman–Crippen MR) is 87.2 cm³/mol. The zero-order chi connectivity index (χ0) is 17.8.